The van der Waals surface area contributed by atoms with Crippen molar-refractivity contribution >= 4 is 26.6 Å². The number of anilines is 1. The number of aromatic nitrogens is 2. The van der Waals surface area contributed by atoms with E-state index in [1.54, 1.807) is 0 Å². The quantitative estimate of drug-likeness (QED) is 0.631. The summed E-state index contributed by atoms with van der Waals surface area (Å²) >= 11 is 0. The van der Waals surface area contributed by atoms with Crippen molar-refractivity contribution in [1.29, 1.82) is 0 Å². The maximum absolute atomic E-state index is 12.9. The summed E-state index contributed by atoms with van der Waals surface area (Å²) in [6.45, 7) is 4.01. The molecule has 0 spiro atoms. The van der Waals surface area contributed by atoms with Crippen molar-refractivity contribution in [3.63, 3.8) is 0 Å². The standard InChI is InChI=1S/C21H19F3N4O2S/c1-2-31(29,30)28-12-11-16(13-28)25-20-18-6-4-3-5-17(18)19(26-27-20)14-7-9-15(10-8-14)21(22,23)24/h2-10,16H,1,11-13H2,(H,25,27). The van der Waals surface area contributed by atoms with Crippen LogP contribution in [0.2, 0.25) is 0 Å². The highest BCUT2D eigenvalue weighted by Crippen LogP contribution is 2.34. The van der Waals surface area contributed by atoms with Crippen LogP contribution < -0.4 is 5.32 Å². The second kappa shape index (κ2) is 7.93. The van der Waals surface area contributed by atoms with Crippen LogP contribution >= 0.6 is 0 Å². The Kier molecular flexibility index (Phi) is 5.44. The van der Waals surface area contributed by atoms with Crippen LogP contribution in [0.3, 0.4) is 0 Å². The lowest BCUT2D eigenvalue weighted by Crippen LogP contribution is -2.30. The summed E-state index contributed by atoms with van der Waals surface area (Å²) in [6.07, 6.45) is -3.81. The predicted octanol–water partition coefficient (Wildman–Crippen LogP) is 4.28. The Hall–Kier alpha value is -2.98. The molecule has 0 radical (unpaired) electrons. The molecule has 1 N–H and O–H groups in total. The zero-order valence-corrected chi connectivity index (χ0v) is 17.1. The molecule has 1 aliphatic heterocycles. The number of fused-ring (bicyclic) bond motifs is 1. The Morgan fingerprint density at radius 1 is 1.06 bits per heavy atom. The molecule has 1 saturated heterocycles. The SMILES string of the molecule is C=CS(=O)(=O)N1CCC(Nc2nnc(-c3ccc(C(F)(F)F)cc3)c3ccccc23)C1. The number of hydrogen-bond donors (Lipinski definition) is 1. The number of sulfonamides is 1. The van der Waals surface area contributed by atoms with E-state index in [1.807, 2.05) is 24.3 Å². The minimum Gasteiger partial charge on any atom is -0.364 e. The predicted molar refractivity (Wildman–Crippen MR) is 113 cm³/mol. The largest absolute Gasteiger partial charge is 0.416 e. The van der Waals surface area contributed by atoms with Gasteiger partial charge in [-0.15, -0.1) is 10.2 Å². The molecule has 1 aromatic heterocycles. The Balaban J connectivity index is 1.64. The van der Waals surface area contributed by atoms with Crippen molar-refractivity contribution in [2.75, 3.05) is 18.4 Å². The summed E-state index contributed by atoms with van der Waals surface area (Å²) in [4.78, 5) is 0. The number of nitrogens with zero attached hydrogens (tertiary/aromatic N) is 3. The van der Waals surface area contributed by atoms with E-state index in [0.717, 1.165) is 28.3 Å². The molecule has 0 saturated carbocycles. The number of benzene rings is 2. The second-order valence-corrected chi connectivity index (χ2v) is 9.10. The van der Waals surface area contributed by atoms with Gasteiger partial charge in [0.1, 0.15) is 5.69 Å². The molecule has 31 heavy (non-hydrogen) atoms. The highest BCUT2D eigenvalue weighted by molar-refractivity contribution is 7.92. The van der Waals surface area contributed by atoms with Crippen molar-refractivity contribution in [3.8, 4) is 11.3 Å². The molecule has 10 heteroatoms. The van der Waals surface area contributed by atoms with Crippen molar-refractivity contribution < 1.29 is 21.6 Å². The summed E-state index contributed by atoms with van der Waals surface area (Å²) in [6, 6.07) is 12.0. The van der Waals surface area contributed by atoms with Crippen LogP contribution in [0.25, 0.3) is 22.0 Å². The summed E-state index contributed by atoms with van der Waals surface area (Å²) in [5, 5.41) is 14.2. The van der Waals surface area contributed by atoms with Crippen LogP contribution in [0.5, 0.6) is 0 Å². The molecule has 0 bridgehead atoms. The van der Waals surface area contributed by atoms with Crippen molar-refractivity contribution in [2.24, 2.45) is 0 Å². The van der Waals surface area contributed by atoms with Crippen molar-refractivity contribution in [2.45, 2.75) is 18.6 Å². The lowest BCUT2D eigenvalue weighted by atomic mass is 10.0. The first-order valence-electron chi connectivity index (χ1n) is 9.51. The van der Waals surface area contributed by atoms with Crippen LogP contribution in [0.15, 0.2) is 60.5 Å². The number of hydrogen-bond acceptors (Lipinski definition) is 5. The van der Waals surface area contributed by atoms with Gasteiger partial charge in [0.15, 0.2) is 5.82 Å². The van der Waals surface area contributed by atoms with Crippen LogP contribution in [0.4, 0.5) is 19.0 Å². The Bertz CT molecular complexity index is 1230. The fourth-order valence-corrected chi connectivity index (χ4v) is 4.58. The van der Waals surface area contributed by atoms with Crippen LogP contribution in [0.1, 0.15) is 12.0 Å². The molecular weight excluding hydrogens is 429 g/mol. The topological polar surface area (TPSA) is 75.2 Å². The van der Waals surface area contributed by atoms with Crippen molar-refractivity contribution in [3.05, 3.63) is 66.1 Å². The second-order valence-electron chi connectivity index (χ2n) is 7.22. The average molecular weight is 448 g/mol. The van der Waals surface area contributed by atoms with E-state index in [0.29, 0.717) is 30.0 Å². The maximum Gasteiger partial charge on any atom is 0.416 e. The normalized spacial score (nSPS) is 17.7. The van der Waals surface area contributed by atoms with E-state index >= 15 is 0 Å². The Labute approximate surface area is 177 Å². The number of alkyl halides is 3. The molecule has 1 aliphatic rings. The first kappa shape index (κ1) is 21.3. The monoisotopic (exact) mass is 448 g/mol. The van der Waals surface area contributed by atoms with Gasteiger partial charge in [0.05, 0.1) is 5.56 Å². The van der Waals surface area contributed by atoms with E-state index in [2.05, 4.69) is 22.1 Å². The molecule has 0 amide bonds. The molecule has 2 aromatic carbocycles. The Morgan fingerprint density at radius 2 is 1.74 bits per heavy atom. The molecule has 1 fully saturated rings. The third-order valence-electron chi connectivity index (χ3n) is 5.24. The highest BCUT2D eigenvalue weighted by Gasteiger charge is 2.31. The molecule has 4 rings (SSSR count). The van der Waals surface area contributed by atoms with E-state index < -0.39 is 21.8 Å². The minimum absolute atomic E-state index is 0.149. The zero-order chi connectivity index (χ0) is 22.2. The molecule has 2 heterocycles. The first-order valence-corrected chi connectivity index (χ1v) is 11.0. The number of rotatable bonds is 5. The molecule has 3 aromatic rings. The third kappa shape index (κ3) is 4.26. The number of nitrogens with one attached hydrogen (secondary N) is 1. The van der Waals surface area contributed by atoms with Gasteiger partial charge in [-0.05, 0) is 18.6 Å². The van der Waals surface area contributed by atoms with Crippen LogP contribution in [0, 0.1) is 0 Å². The summed E-state index contributed by atoms with van der Waals surface area (Å²) in [5.74, 6) is 0.495. The van der Waals surface area contributed by atoms with Crippen molar-refractivity contribution in [1.82, 2.24) is 14.5 Å². The fourth-order valence-electron chi connectivity index (χ4n) is 3.62. The van der Waals surface area contributed by atoms with Crippen LogP contribution in [-0.4, -0.2) is 42.1 Å². The lowest BCUT2D eigenvalue weighted by Gasteiger charge is -2.17. The maximum atomic E-state index is 12.9. The van der Waals surface area contributed by atoms with Gasteiger partial charge in [0.25, 0.3) is 0 Å². The van der Waals surface area contributed by atoms with E-state index in [4.69, 9.17) is 0 Å². The van der Waals surface area contributed by atoms with Gasteiger partial charge in [-0.1, -0.05) is 43.0 Å². The van der Waals surface area contributed by atoms with E-state index in [-0.39, 0.29) is 12.6 Å². The Morgan fingerprint density at radius 3 is 2.39 bits per heavy atom. The van der Waals surface area contributed by atoms with Gasteiger partial charge in [-0.3, -0.25) is 0 Å². The number of halogens is 3. The van der Waals surface area contributed by atoms with Gasteiger partial charge >= 0.3 is 6.18 Å². The molecular formula is C21H19F3N4O2S. The van der Waals surface area contributed by atoms with Gasteiger partial charge in [0.2, 0.25) is 10.0 Å². The van der Waals surface area contributed by atoms with Gasteiger partial charge in [-0.2, -0.15) is 17.5 Å². The van der Waals surface area contributed by atoms with Gasteiger partial charge in [-0.25, -0.2) is 8.42 Å². The van der Waals surface area contributed by atoms with Crippen LogP contribution in [-0.2, 0) is 16.2 Å². The highest BCUT2D eigenvalue weighted by atomic mass is 32.2. The lowest BCUT2D eigenvalue weighted by molar-refractivity contribution is -0.137. The minimum atomic E-state index is -4.41. The average Bonchev–Trinajstić information content (AvgIpc) is 3.23. The van der Waals surface area contributed by atoms with Gasteiger partial charge in [0, 0.05) is 40.9 Å². The first-order chi connectivity index (χ1) is 14.7. The molecule has 162 valence electrons. The zero-order valence-electron chi connectivity index (χ0n) is 16.3. The summed E-state index contributed by atoms with van der Waals surface area (Å²) in [5.41, 5.74) is 0.261. The van der Waals surface area contributed by atoms with Gasteiger partial charge < -0.3 is 5.32 Å². The third-order valence-corrected chi connectivity index (χ3v) is 6.71. The van der Waals surface area contributed by atoms with E-state index in [1.165, 1.54) is 16.4 Å². The van der Waals surface area contributed by atoms with E-state index in [9.17, 15) is 21.6 Å². The summed E-state index contributed by atoms with van der Waals surface area (Å²) in [7, 11) is -3.48. The molecule has 1 unspecified atom stereocenters. The molecule has 0 aliphatic carbocycles. The molecule has 6 nitrogen and oxygen atoms in total. The molecule has 1 atom stereocenters. The fraction of sp³-hybridized carbons (Fsp3) is 0.238. The summed E-state index contributed by atoms with van der Waals surface area (Å²) < 4.78 is 63.9. The smallest absolute Gasteiger partial charge is 0.364 e.